The van der Waals surface area contributed by atoms with Crippen LogP contribution in [-0.2, 0) is 6.42 Å². The molecular formula is C27H39N3O4. The Morgan fingerprint density at radius 1 is 0.882 bits per heavy atom. The first-order valence-electron chi connectivity index (χ1n) is 12.4. The largest absolute Gasteiger partial charge is 0.490 e. The first-order valence-corrected chi connectivity index (χ1v) is 12.4. The van der Waals surface area contributed by atoms with Gasteiger partial charge in [-0.05, 0) is 70.5 Å². The van der Waals surface area contributed by atoms with Gasteiger partial charge in [0.25, 0.3) is 5.91 Å². The number of carbonyl (C=O) groups is 1. The molecule has 1 fully saturated rings. The van der Waals surface area contributed by atoms with E-state index >= 15 is 0 Å². The smallest absolute Gasteiger partial charge is 0.251 e. The third kappa shape index (κ3) is 7.03. The summed E-state index contributed by atoms with van der Waals surface area (Å²) < 4.78 is 17.2. The van der Waals surface area contributed by atoms with Gasteiger partial charge in [-0.3, -0.25) is 4.79 Å². The van der Waals surface area contributed by atoms with Crippen molar-refractivity contribution in [2.45, 2.75) is 33.6 Å². The topological polar surface area (TPSA) is 63.3 Å². The predicted molar refractivity (Wildman–Crippen MR) is 137 cm³/mol. The Hall–Kier alpha value is -2.93. The molecule has 0 unspecified atom stereocenters. The average Bonchev–Trinajstić information content (AvgIpc) is 2.85. The number of ether oxygens (including phenoxy) is 3. The number of anilines is 1. The van der Waals surface area contributed by atoms with Gasteiger partial charge in [-0.15, -0.1) is 0 Å². The Kier molecular flexibility index (Phi) is 9.89. The lowest BCUT2D eigenvalue weighted by atomic mass is 10.1. The monoisotopic (exact) mass is 469 g/mol. The van der Waals surface area contributed by atoms with E-state index in [2.05, 4.69) is 46.4 Å². The van der Waals surface area contributed by atoms with Gasteiger partial charge in [0.1, 0.15) is 0 Å². The molecule has 0 aliphatic carbocycles. The third-order valence-electron chi connectivity index (χ3n) is 5.90. The molecule has 7 nitrogen and oxygen atoms in total. The van der Waals surface area contributed by atoms with Gasteiger partial charge in [0.05, 0.1) is 19.8 Å². The average molecular weight is 470 g/mol. The lowest BCUT2D eigenvalue weighted by molar-refractivity contribution is 0.0952. The Bertz CT molecular complexity index is 882. The molecule has 34 heavy (non-hydrogen) atoms. The number of carbonyl (C=O) groups excluding carboxylic acids is 1. The summed E-state index contributed by atoms with van der Waals surface area (Å²) in [6, 6.07) is 12.3. The van der Waals surface area contributed by atoms with Crippen molar-refractivity contribution in [2.24, 2.45) is 0 Å². The van der Waals surface area contributed by atoms with Crippen LogP contribution < -0.4 is 24.4 Å². The Morgan fingerprint density at radius 2 is 1.47 bits per heavy atom. The van der Waals surface area contributed by atoms with Crippen molar-refractivity contribution in [2.75, 3.05) is 64.5 Å². The molecule has 7 heteroatoms. The van der Waals surface area contributed by atoms with Crippen LogP contribution in [0.15, 0.2) is 36.4 Å². The maximum absolute atomic E-state index is 12.8. The highest BCUT2D eigenvalue weighted by atomic mass is 16.5. The van der Waals surface area contributed by atoms with Crippen LogP contribution in [0.4, 0.5) is 5.69 Å². The molecule has 2 aromatic rings. The molecule has 186 valence electrons. The Balaban J connectivity index is 1.53. The van der Waals surface area contributed by atoms with E-state index in [-0.39, 0.29) is 5.91 Å². The highest BCUT2D eigenvalue weighted by Gasteiger charge is 2.18. The minimum Gasteiger partial charge on any atom is -0.490 e. The lowest BCUT2D eigenvalue weighted by Gasteiger charge is -2.34. The van der Waals surface area contributed by atoms with E-state index in [1.54, 1.807) is 12.1 Å². The molecule has 1 saturated heterocycles. The molecule has 2 aromatic carbocycles. The number of hydrogen-bond acceptors (Lipinski definition) is 6. The normalized spacial score (nSPS) is 14.1. The molecule has 1 aliphatic heterocycles. The van der Waals surface area contributed by atoms with Gasteiger partial charge in [0.2, 0.25) is 5.75 Å². The summed E-state index contributed by atoms with van der Waals surface area (Å²) in [5, 5.41) is 3.02. The van der Waals surface area contributed by atoms with E-state index in [1.165, 1.54) is 11.3 Å². The fourth-order valence-corrected chi connectivity index (χ4v) is 4.05. The first-order chi connectivity index (χ1) is 16.5. The van der Waals surface area contributed by atoms with E-state index in [4.69, 9.17) is 14.2 Å². The van der Waals surface area contributed by atoms with Crippen LogP contribution in [0, 0.1) is 0 Å². The van der Waals surface area contributed by atoms with Gasteiger partial charge in [0, 0.05) is 44.0 Å². The van der Waals surface area contributed by atoms with Gasteiger partial charge >= 0.3 is 0 Å². The number of likely N-dealkylation sites (N-methyl/N-ethyl adjacent to an activating group) is 1. The van der Waals surface area contributed by atoms with Crippen molar-refractivity contribution in [1.82, 2.24) is 10.2 Å². The maximum atomic E-state index is 12.8. The fourth-order valence-electron chi connectivity index (χ4n) is 4.05. The summed E-state index contributed by atoms with van der Waals surface area (Å²) >= 11 is 0. The second-order valence-corrected chi connectivity index (χ2v) is 8.42. The molecule has 1 N–H and O–H groups in total. The minimum absolute atomic E-state index is 0.143. The summed E-state index contributed by atoms with van der Waals surface area (Å²) in [4.78, 5) is 17.6. The van der Waals surface area contributed by atoms with Crippen LogP contribution in [0.1, 0.15) is 43.1 Å². The third-order valence-corrected chi connectivity index (χ3v) is 5.90. The standard InChI is InChI=1S/C27H39N3O4/c1-5-32-24-19-22(20-25(33-6-2)26(24)34-7-3)27(31)28-14-8-9-21-10-12-23(13-11-21)30-17-15-29(4)16-18-30/h10-13,19-20H,5-9,14-18H2,1-4H3,(H,28,31). The molecule has 0 aromatic heterocycles. The zero-order valence-corrected chi connectivity index (χ0v) is 21.1. The number of amides is 1. The highest BCUT2D eigenvalue weighted by molar-refractivity contribution is 5.95. The zero-order valence-electron chi connectivity index (χ0n) is 21.1. The summed E-state index contributed by atoms with van der Waals surface area (Å²) in [6.07, 6.45) is 1.79. The van der Waals surface area contributed by atoms with Crippen LogP contribution in [0.25, 0.3) is 0 Å². The fraction of sp³-hybridized carbons (Fsp3) is 0.519. The van der Waals surface area contributed by atoms with E-state index < -0.39 is 0 Å². The van der Waals surface area contributed by atoms with E-state index in [9.17, 15) is 4.79 Å². The summed E-state index contributed by atoms with van der Waals surface area (Å²) in [6.45, 7) is 12.1. The second kappa shape index (κ2) is 13.1. The van der Waals surface area contributed by atoms with Crippen molar-refractivity contribution in [3.05, 3.63) is 47.5 Å². The molecule has 0 saturated carbocycles. The number of piperazine rings is 1. The quantitative estimate of drug-likeness (QED) is 0.474. The summed E-state index contributed by atoms with van der Waals surface area (Å²) in [7, 11) is 2.17. The number of aryl methyl sites for hydroxylation is 1. The lowest BCUT2D eigenvalue weighted by Crippen LogP contribution is -2.44. The summed E-state index contributed by atoms with van der Waals surface area (Å²) in [5.41, 5.74) is 3.08. The Morgan fingerprint density at radius 3 is 2.03 bits per heavy atom. The summed E-state index contributed by atoms with van der Waals surface area (Å²) in [5.74, 6) is 1.46. The molecule has 0 bridgehead atoms. The zero-order chi connectivity index (χ0) is 24.3. The van der Waals surface area contributed by atoms with Crippen molar-refractivity contribution >= 4 is 11.6 Å². The highest BCUT2D eigenvalue weighted by Crippen LogP contribution is 2.39. The van der Waals surface area contributed by atoms with Gasteiger partial charge in [-0.25, -0.2) is 0 Å². The van der Waals surface area contributed by atoms with Gasteiger partial charge in [-0.1, -0.05) is 12.1 Å². The van der Waals surface area contributed by atoms with Crippen molar-refractivity contribution in [1.29, 1.82) is 0 Å². The Labute approximate surface area is 204 Å². The van der Waals surface area contributed by atoms with Crippen LogP contribution >= 0.6 is 0 Å². The van der Waals surface area contributed by atoms with Crippen LogP contribution in [-0.4, -0.2) is 70.4 Å². The van der Waals surface area contributed by atoms with Crippen LogP contribution in [0.3, 0.4) is 0 Å². The molecule has 0 spiro atoms. The number of rotatable bonds is 12. The van der Waals surface area contributed by atoms with Gasteiger partial charge in [-0.2, -0.15) is 0 Å². The molecular weight excluding hydrogens is 430 g/mol. The maximum Gasteiger partial charge on any atom is 0.251 e. The van der Waals surface area contributed by atoms with Crippen molar-refractivity contribution in [3.63, 3.8) is 0 Å². The minimum atomic E-state index is -0.143. The molecule has 1 amide bonds. The van der Waals surface area contributed by atoms with Crippen LogP contribution in [0.2, 0.25) is 0 Å². The van der Waals surface area contributed by atoms with Gasteiger partial charge < -0.3 is 29.3 Å². The molecule has 0 atom stereocenters. The van der Waals surface area contributed by atoms with E-state index in [1.807, 2.05) is 20.8 Å². The van der Waals surface area contributed by atoms with E-state index in [0.717, 1.165) is 39.0 Å². The number of benzene rings is 2. The molecule has 3 rings (SSSR count). The van der Waals surface area contributed by atoms with Gasteiger partial charge in [0.15, 0.2) is 11.5 Å². The van der Waals surface area contributed by atoms with Crippen molar-refractivity contribution < 1.29 is 19.0 Å². The number of hydrogen-bond donors (Lipinski definition) is 1. The second-order valence-electron chi connectivity index (χ2n) is 8.42. The van der Waals surface area contributed by atoms with E-state index in [0.29, 0.717) is 49.2 Å². The SMILES string of the molecule is CCOc1cc(C(=O)NCCCc2ccc(N3CCN(C)CC3)cc2)cc(OCC)c1OCC. The number of nitrogens with one attached hydrogen (secondary N) is 1. The van der Waals surface area contributed by atoms with Crippen molar-refractivity contribution in [3.8, 4) is 17.2 Å². The van der Waals surface area contributed by atoms with Crippen LogP contribution in [0.5, 0.6) is 17.2 Å². The molecule has 1 aliphatic rings. The number of nitrogens with zero attached hydrogens (tertiary/aromatic N) is 2. The molecule has 0 radical (unpaired) electrons. The first kappa shape index (κ1) is 25.7. The predicted octanol–water partition coefficient (Wildman–Crippen LogP) is 4.00. The molecule has 1 heterocycles.